The van der Waals surface area contributed by atoms with Gasteiger partial charge in [-0.05, 0) is 34.4 Å². The number of benzene rings is 3. The Morgan fingerprint density at radius 3 is 1.82 bits per heavy atom. The van der Waals surface area contributed by atoms with Crippen LogP contribution in [-0.2, 0) is 14.4 Å². The quantitative estimate of drug-likeness (QED) is 0.568. The van der Waals surface area contributed by atoms with Crippen molar-refractivity contribution >= 4 is 23.9 Å². The highest BCUT2D eigenvalue weighted by atomic mass is 16.7. The molecule has 0 spiro atoms. The highest BCUT2D eigenvalue weighted by Crippen LogP contribution is 2.44. The van der Waals surface area contributed by atoms with Gasteiger partial charge in [0.05, 0.1) is 17.5 Å². The number of ether oxygens (including phenoxy) is 1. The van der Waals surface area contributed by atoms with Crippen LogP contribution in [0.15, 0.2) is 72.8 Å². The predicted molar refractivity (Wildman–Crippen MR) is 121 cm³/mol. The van der Waals surface area contributed by atoms with Crippen molar-refractivity contribution in [2.45, 2.75) is 12.3 Å². The molecular weight excluding hydrogens is 436 g/mol. The van der Waals surface area contributed by atoms with Crippen LogP contribution in [0.1, 0.15) is 44.2 Å². The van der Waals surface area contributed by atoms with Crippen LogP contribution in [0.5, 0.6) is 0 Å². The van der Waals surface area contributed by atoms with E-state index in [1.807, 2.05) is 48.5 Å². The van der Waals surface area contributed by atoms with Crippen LogP contribution >= 0.6 is 0 Å². The van der Waals surface area contributed by atoms with Crippen molar-refractivity contribution in [2.75, 3.05) is 13.2 Å². The van der Waals surface area contributed by atoms with E-state index in [1.165, 1.54) is 12.1 Å². The van der Waals surface area contributed by atoms with Crippen molar-refractivity contribution in [1.29, 1.82) is 0 Å². The lowest BCUT2D eigenvalue weighted by Crippen LogP contribution is -2.34. The Kier molecular flexibility index (Phi) is 5.55. The molecule has 8 heteroatoms. The third-order valence-electron chi connectivity index (χ3n) is 5.89. The van der Waals surface area contributed by atoms with E-state index in [0.717, 1.165) is 22.3 Å². The van der Waals surface area contributed by atoms with Gasteiger partial charge in [0.1, 0.15) is 6.61 Å². The Morgan fingerprint density at radius 1 is 0.765 bits per heavy atom. The topological polar surface area (TPSA) is 102 Å². The number of hydrogen-bond donors (Lipinski definition) is 1. The summed E-state index contributed by atoms with van der Waals surface area (Å²) >= 11 is 0. The van der Waals surface area contributed by atoms with Crippen molar-refractivity contribution < 1.29 is 28.8 Å². The second kappa shape index (κ2) is 8.82. The number of nitrogens with one attached hydrogen (secondary N) is 1. The Hall–Kier alpha value is -4.46. The summed E-state index contributed by atoms with van der Waals surface area (Å²) < 4.78 is 5.41. The Bertz CT molecular complexity index is 1240. The number of imide groups is 1. The van der Waals surface area contributed by atoms with Crippen LogP contribution in [0.3, 0.4) is 0 Å². The maximum atomic E-state index is 12.2. The van der Waals surface area contributed by atoms with Crippen LogP contribution in [0.25, 0.3) is 11.1 Å². The zero-order valence-electron chi connectivity index (χ0n) is 18.0. The summed E-state index contributed by atoms with van der Waals surface area (Å²) in [5.41, 5.74) is 4.81. The van der Waals surface area contributed by atoms with Crippen molar-refractivity contribution in [1.82, 2.24) is 10.4 Å². The number of nitrogens with zero attached hydrogens (tertiary/aromatic N) is 1. The number of hydroxylamine groups is 2. The molecule has 1 N–H and O–H groups in total. The molecule has 3 aromatic carbocycles. The first-order valence-electron chi connectivity index (χ1n) is 10.8. The molecule has 0 bridgehead atoms. The minimum atomic E-state index is -0.826. The fourth-order valence-electron chi connectivity index (χ4n) is 4.31. The van der Waals surface area contributed by atoms with Crippen LogP contribution in [-0.4, -0.2) is 42.1 Å². The molecule has 3 aromatic rings. The van der Waals surface area contributed by atoms with Crippen LogP contribution < -0.4 is 5.32 Å². The molecular formula is C26H20N2O6. The minimum absolute atomic E-state index is 0.0708. The first-order valence-corrected chi connectivity index (χ1v) is 10.8. The molecule has 0 fully saturated rings. The van der Waals surface area contributed by atoms with Crippen molar-refractivity contribution in [3.05, 3.63) is 95.1 Å². The van der Waals surface area contributed by atoms with E-state index in [0.29, 0.717) is 5.06 Å². The molecule has 1 heterocycles. The molecule has 1 aliphatic heterocycles. The van der Waals surface area contributed by atoms with E-state index in [9.17, 15) is 19.2 Å². The lowest BCUT2D eigenvalue weighted by molar-refractivity contribution is -0.168. The van der Waals surface area contributed by atoms with Crippen LogP contribution in [0.2, 0.25) is 0 Å². The van der Waals surface area contributed by atoms with Crippen molar-refractivity contribution in [3.63, 3.8) is 0 Å². The molecule has 1 aliphatic carbocycles. The van der Waals surface area contributed by atoms with E-state index in [1.54, 1.807) is 12.1 Å². The van der Waals surface area contributed by atoms with E-state index in [2.05, 4.69) is 5.32 Å². The van der Waals surface area contributed by atoms with Gasteiger partial charge >= 0.3 is 12.1 Å². The van der Waals surface area contributed by atoms with Gasteiger partial charge in [-0.3, -0.25) is 9.59 Å². The number of fused-ring (bicyclic) bond motifs is 4. The molecule has 5 rings (SSSR count). The summed E-state index contributed by atoms with van der Waals surface area (Å²) in [7, 11) is 0. The summed E-state index contributed by atoms with van der Waals surface area (Å²) in [6, 6.07) is 22.2. The van der Waals surface area contributed by atoms with E-state index < -0.39 is 23.9 Å². The first kappa shape index (κ1) is 21.4. The number of amides is 3. The largest absolute Gasteiger partial charge is 0.449 e. The molecule has 3 amide bonds. The van der Waals surface area contributed by atoms with E-state index in [-0.39, 0.29) is 36.6 Å². The Labute approximate surface area is 195 Å². The zero-order chi connectivity index (χ0) is 23.7. The molecule has 0 unspecified atom stereocenters. The second-order valence-electron chi connectivity index (χ2n) is 7.92. The molecule has 8 nitrogen and oxygen atoms in total. The molecule has 0 radical (unpaired) electrons. The standard InChI is InChI=1S/C26H20N2O6/c29-23(34-28-24(30)20-11-5-6-12-21(20)25(28)31)13-14-27-26(32)33-15-22-18-9-3-1-7-16(18)17-8-2-4-10-19(17)22/h1-12,22H,13-15H2,(H,27,32). The maximum absolute atomic E-state index is 12.2. The normalized spacial score (nSPS) is 13.8. The monoisotopic (exact) mass is 456 g/mol. The highest BCUT2D eigenvalue weighted by Gasteiger charge is 2.38. The molecule has 34 heavy (non-hydrogen) atoms. The van der Waals surface area contributed by atoms with Gasteiger partial charge in [-0.1, -0.05) is 65.7 Å². The van der Waals surface area contributed by atoms with E-state index in [4.69, 9.17) is 9.57 Å². The number of carbonyl (C=O) groups excluding carboxylic acids is 4. The van der Waals surface area contributed by atoms with Gasteiger partial charge in [0.2, 0.25) is 0 Å². The number of alkyl carbamates (subject to hydrolysis) is 1. The predicted octanol–water partition coefficient (Wildman–Crippen LogP) is 3.67. The summed E-state index contributed by atoms with van der Waals surface area (Å²) in [6.07, 6.45) is -0.909. The third kappa shape index (κ3) is 3.79. The van der Waals surface area contributed by atoms with Gasteiger partial charge in [-0.25, -0.2) is 9.59 Å². The van der Waals surface area contributed by atoms with Crippen LogP contribution in [0, 0.1) is 0 Å². The number of rotatable bonds is 6. The first-order chi connectivity index (χ1) is 16.5. The molecule has 0 saturated heterocycles. The average Bonchev–Trinajstić information content (AvgIpc) is 3.30. The highest BCUT2D eigenvalue weighted by molar-refractivity contribution is 6.20. The third-order valence-corrected chi connectivity index (χ3v) is 5.89. The molecule has 0 atom stereocenters. The fourth-order valence-corrected chi connectivity index (χ4v) is 4.31. The second-order valence-corrected chi connectivity index (χ2v) is 7.92. The Morgan fingerprint density at radius 2 is 1.26 bits per heavy atom. The Balaban J connectivity index is 1.11. The van der Waals surface area contributed by atoms with Gasteiger partial charge in [-0.2, -0.15) is 0 Å². The van der Waals surface area contributed by atoms with Crippen molar-refractivity contribution in [2.24, 2.45) is 0 Å². The van der Waals surface area contributed by atoms with E-state index >= 15 is 0 Å². The van der Waals surface area contributed by atoms with Gasteiger partial charge in [0.15, 0.2) is 0 Å². The summed E-state index contributed by atoms with van der Waals surface area (Å²) in [5.74, 6) is -2.29. The summed E-state index contributed by atoms with van der Waals surface area (Å²) in [5, 5.41) is 2.94. The molecule has 0 aromatic heterocycles. The molecule has 2 aliphatic rings. The molecule has 0 saturated carbocycles. The minimum Gasteiger partial charge on any atom is -0.449 e. The molecule has 170 valence electrons. The maximum Gasteiger partial charge on any atom is 0.407 e. The van der Waals surface area contributed by atoms with Crippen LogP contribution in [0.4, 0.5) is 4.79 Å². The van der Waals surface area contributed by atoms with Gasteiger partial charge in [0, 0.05) is 12.5 Å². The lowest BCUT2D eigenvalue weighted by atomic mass is 9.98. The van der Waals surface area contributed by atoms with Gasteiger partial charge in [0.25, 0.3) is 11.8 Å². The SMILES string of the molecule is O=C(CCNC(=O)OCC1c2ccccc2-c2ccccc21)ON1C(=O)c2ccccc2C1=O. The summed E-state index contributed by atoms with van der Waals surface area (Å²) in [6.45, 7) is 0.0814. The number of hydrogen-bond acceptors (Lipinski definition) is 6. The van der Waals surface area contributed by atoms with Crippen molar-refractivity contribution in [3.8, 4) is 11.1 Å². The number of carbonyl (C=O) groups is 4. The smallest absolute Gasteiger partial charge is 0.407 e. The zero-order valence-corrected chi connectivity index (χ0v) is 18.0. The van der Waals surface area contributed by atoms with Gasteiger partial charge in [-0.15, -0.1) is 0 Å². The fraction of sp³-hybridized carbons (Fsp3) is 0.154. The summed E-state index contributed by atoms with van der Waals surface area (Å²) in [4.78, 5) is 53.7. The average molecular weight is 456 g/mol. The lowest BCUT2D eigenvalue weighted by Gasteiger charge is -2.15. The van der Waals surface area contributed by atoms with Gasteiger partial charge < -0.3 is 14.9 Å².